The molecule has 0 saturated carbocycles. The molecule has 28 heavy (non-hydrogen) atoms. The van der Waals surface area contributed by atoms with Crippen LogP contribution >= 0.6 is 0 Å². The number of nitrogens with one attached hydrogen (secondary N) is 2. The fourth-order valence-electron chi connectivity index (χ4n) is 3.55. The van der Waals surface area contributed by atoms with Gasteiger partial charge in [0, 0.05) is 24.2 Å². The van der Waals surface area contributed by atoms with Gasteiger partial charge in [-0.25, -0.2) is 0 Å². The number of benzene rings is 2. The molecule has 3 nitrogen and oxygen atoms in total. The molecule has 1 aromatic heterocycles. The molecule has 0 bridgehead atoms. The van der Waals surface area contributed by atoms with Crippen molar-refractivity contribution in [2.24, 2.45) is 0 Å². The van der Waals surface area contributed by atoms with Crippen molar-refractivity contribution in [2.45, 2.75) is 51.9 Å². The van der Waals surface area contributed by atoms with Crippen molar-refractivity contribution in [1.82, 2.24) is 15.6 Å². The number of hydrogen-bond acceptors (Lipinski definition) is 3. The van der Waals surface area contributed by atoms with Gasteiger partial charge in [-0.3, -0.25) is 4.98 Å². The Morgan fingerprint density at radius 2 is 0.893 bits per heavy atom. The van der Waals surface area contributed by atoms with Crippen LogP contribution in [-0.2, 0) is 0 Å². The SMILES string of the molecule is C[C@H](N[C@@H](C)c1cccc([C@H](C)N[C@H](C)c2ccccc2)n1)c1ccccc1. The van der Waals surface area contributed by atoms with Gasteiger partial charge >= 0.3 is 0 Å². The van der Waals surface area contributed by atoms with Crippen LogP contribution in [0.1, 0.15) is 74.4 Å². The van der Waals surface area contributed by atoms with E-state index in [1.54, 1.807) is 0 Å². The highest BCUT2D eigenvalue weighted by Gasteiger charge is 2.16. The highest BCUT2D eigenvalue weighted by atomic mass is 15.0. The highest BCUT2D eigenvalue weighted by Crippen LogP contribution is 2.21. The van der Waals surface area contributed by atoms with Crippen LogP contribution < -0.4 is 10.6 Å². The molecule has 0 unspecified atom stereocenters. The van der Waals surface area contributed by atoms with Gasteiger partial charge in [-0.05, 0) is 51.0 Å². The largest absolute Gasteiger partial charge is 0.302 e. The van der Waals surface area contributed by atoms with E-state index in [1.165, 1.54) is 11.1 Å². The van der Waals surface area contributed by atoms with Gasteiger partial charge in [-0.15, -0.1) is 0 Å². The predicted octanol–water partition coefficient (Wildman–Crippen LogP) is 5.91. The quantitative estimate of drug-likeness (QED) is 0.516. The first kappa shape index (κ1) is 20.2. The highest BCUT2D eigenvalue weighted by molar-refractivity contribution is 5.22. The summed E-state index contributed by atoms with van der Waals surface area (Å²) in [4.78, 5) is 4.94. The molecule has 0 radical (unpaired) electrons. The Morgan fingerprint density at radius 3 is 1.29 bits per heavy atom. The van der Waals surface area contributed by atoms with E-state index in [1.807, 2.05) is 0 Å². The molecule has 0 saturated heterocycles. The van der Waals surface area contributed by atoms with Crippen LogP contribution in [-0.4, -0.2) is 4.98 Å². The van der Waals surface area contributed by atoms with Gasteiger partial charge in [0.05, 0.1) is 11.4 Å². The van der Waals surface area contributed by atoms with Crippen molar-refractivity contribution in [3.05, 3.63) is 101 Å². The van der Waals surface area contributed by atoms with Gasteiger partial charge in [0.15, 0.2) is 0 Å². The Morgan fingerprint density at radius 1 is 0.500 bits per heavy atom. The maximum atomic E-state index is 4.94. The second-order valence-corrected chi connectivity index (χ2v) is 7.53. The van der Waals surface area contributed by atoms with Crippen molar-refractivity contribution in [3.63, 3.8) is 0 Å². The molecule has 3 heteroatoms. The van der Waals surface area contributed by atoms with Gasteiger partial charge < -0.3 is 10.6 Å². The molecule has 1 heterocycles. The lowest BCUT2D eigenvalue weighted by atomic mass is 10.1. The Hall–Kier alpha value is -2.49. The molecular formula is C25H31N3. The van der Waals surface area contributed by atoms with E-state index in [-0.39, 0.29) is 24.2 Å². The average Bonchev–Trinajstić information content (AvgIpc) is 2.75. The van der Waals surface area contributed by atoms with Gasteiger partial charge in [-0.1, -0.05) is 66.7 Å². The van der Waals surface area contributed by atoms with Crippen LogP contribution in [0.25, 0.3) is 0 Å². The lowest BCUT2D eigenvalue weighted by molar-refractivity contribution is 0.469. The van der Waals surface area contributed by atoms with Crippen LogP contribution in [0.3, 0.4) is 0 Å². The van der Waals surface area contributed by atoms with E-state index in [2.05, 4.69) is 117 Å². The van der Waals surface area contributed by atoms with Gasteiger partial charge in [0.2, 0.25) is 0 Å². The number of rotatable bonds is 8. The van der Waals surface area contributed by atoms with E-state index in [0.717, 1.165) is 11.4 Å². The van der Waals surface area contributed by atoms with Crippen LogP contribution in [0.5, 0.6) is 0 Å². The standard InChI is InChI=1S/C25H31N3/c1-18(22-12-7-5-8-13-22)26-20(3)24-16-11-17-25(28-24)21(4)27-19(2)23-14-9-6-10-15-23/h5-21,26-27H,1-4H3/t18-,19+,20-,21-/m0/s1. The second kappa shape index (κ2) is 9.63. The van der Waals surface area contributed by atoms with Gasteiger partial charge in [0.25, 0.3) is 0 Å². The Labute approximate surface area is 169 Å². The minimum absolute atomic E-state index is 0.175. The summed E-state index contributed by atoms with van der Waals surface area (Å²) in [7, 11) is 0. The Balaban J connectivity index is 1.65. The zero-order valence-electron chi connectivity index (χ0n) is 17.3. The molecular weight excluding hydrogens is 342 g/mol. The van der Waals surface area contributed by atoms with Crippen LogP contribution in [0.15, 0.2) is 78.9 Å². The molecule has 2 aromatic carbocycles. The molecule has 0 amide bonds. The summed E-state index contributed by atoms with van der Waals surface area (Å²) < 4.78 is 0. The number of aromatic nitrogens is 1. The van der Waals surface area contributed by atoms with Crippen LogP contribution in [0.2, 0.25) is 0 Å². The third-order valence-electron chi connectivity index (χ3n) is 5.28. The first-order valence-electron chi connectivity index (χ1n) is 10.1. The molecule has 0 aliphatic carbocycles. The van der Waals surface area contributed by atoms with Crippen molar-refractivity contribution in [3.8, 4) is 0 Å². The first-order valence-corrected chi connectivity index (χ1v) is 10.1. The van der Waals surface area contributed by atoms with E-state index in [0.29, 0.717) is 0 Å². The zero-order chi connectivity index (χ0) is 19.9. The third-order valence-corrected chi connectivity index (χ3v) is 5.28. The normalized spacial score (nSPS) is 15.6. The summed E-state index contributed by atoms with van der Waals surface area (Å²) in [5.74, 6) is 0. The Bertz CT molecular complexity index is 779. The zero-order valence-corrected chi connectivity index (χ0v) is 17.3. The smallest absolute Gasteiger partial charge is 0.0574 e. The molecule has 0 aliphatic heterocycles. The molecule has 0 spiro atoms. The molecule has 2 N–H and O–H groups in total. The average molecular weight is 374 g/mol. The maximum absolute atomic E-state index is 4.94. The number of hydrogen-bond donors (Lipinski definition) is 2. The Kier molecular flexibility index (Phi) is 6.96. The fourth-order valence-corrected chi connectivity index (χ4v) is 3.55. The van der Waals surface area contributed by atoms with Crippen molar-refractivity contribution >= 4 is 0 Å². The van der Waals surface area contributed by atoms with E-state index >= 15 is 0 Å². The van der Waals surface area contributed by atoms with Crippen molar-refractivity contribution in [2.75, 3.05) is 0 Å². The van der Waals surface area contributed by atoms with Crippen LogP contribution in [0, 0.1) is 0 Å². The minimum Gasteiger partial charge on any atom is -0.302 e. The van der Waals surface area contributed by atoms with E-state index < -0.39 is 0 Å². The summed E-state index contributed by atoms with van der Waals surface area (Å²) >= 11 is 0. The van der Waals surface area contributed by atoms with E-state index in [4.69, 9.17) is 4.98 Å². The van der Waals surface area contributed by atoms with Crippen molar-refractivity contribution in [1.29, 1.82) is 0 Å². The summed E-state index contributed by atoms with van der Waals surface area (Å²) in [6.07, 6.45) is 0. The molecule has 3 rings (SSSR count). The minimum atomic E-state index is 0.175. The summed E-state index contributed by atoms with van der Waals surface area (Å²) in [5, 5.41) is 7.32. The van der Waals surface area contributed by atoms with Crippen LogP contribution in [0.4, 0.5) is 0 Å². The summed E-state index contributed by atoms with van der Waals surface area (Å²) in [6.45, 7) is 8.75. The predicted molar refractivity (Wildman–Crippen MR) is 117 cm³/mol. The summed E-state index contributed by atoms with van der Waals surface area (Å²) in [5.41, 5.74) is 4.72. The molecule has 146 valence electrons. The number of pyridine rings is 1. The summed E-state index contributed by atoms with van der Waals surface area (Å²) in [6, 6.07) is 28.3. The lowest BCUT2D eigenvalue weighted by Crippen LogP contribution is -2.25. The first-order chi connectivity index (χ1) is 13.5. The lowest BCUT2D eigenvalue weighted by Gasteiger charge is -2.23. The van der Waals surface area contributed by atoms with Gasteiger partial charge in [-0.2, -0.15) is 0 Å². The topological polar surface area (TPSA) is 37.0 Å². The monoisotopic (exact) mass is 373 g/mol. The van der Waals surface area contributed by atoms with E-state index in [9.17, 15) is 0 Å². The van der Waals surface area contributed by atoms with Crippen molar-refractivity contribution < 1.29 is 0 Å². The molecule has 0 aliphatic rings. The fraction of sp³-hybridized carbons (Fsp3) is 0.320. The molecule has 0 fully saturated rings. The number of nitrogens with zero attached hydrogens (tertiary/aromatic N) is 1. The maximum Gasteiger partial charge on any atom is 0.0574 e. The molecule has 4 atom stereocenters. The second-order valence-electron chi connectivity index (χ2n) is 7.53. The molecule has 3 aromatic rings. The van der Waals surface area contributed by atoms with Gasteiger partial charge in [0.1, 0.15) is 0 Å². The third kappa shape index (κ3) is 5.28.